The van der Waals surface area contributed by atoms with Gasteiger partial charge in [0.25, 0.3) is 0 Å². The van der Waals surface area contributed by atoms with Crippen molar-refractivity contribution in [2.24, 2.45) is 5.92 Å². The minimum Gasteiger partial charge on any atom is -0.373 e. The molecule has 1 atom stereocenters. The fourth-order valence-corrected chi connectivity index (χ4v) is 2.10. The van der Waals surface area contributed by atoms with E-state index in [0.717, 1.165) is 23.6 Å². The van der Waals surface area contributed by atoms with Gasteiger partial charge in [-0.3, -0.25) is 4.79 Å². The minimum atomic E-state index is -0.0901. The van der Waals surface area contributed by atoms with Crippen LogP contribution in [0.15, 0.2) is 6.33 Å². The Morgan fingerprint density at radius 2 is 2.11 bits per heavy atom. The van der Waals surface area contributed by atoms with E-state index < -0.39 is 0 Å². The van der Waals surface area contributed by atoms with Gasteiger partial charge in [-0.15, -0.1) is 0 Å². The maximum absolute atomic E-state index is 11.6. The van der Waals surface area contributed by atoms with Crippen LogP contribution >= 0.6 is 0 Å². The molecular formula is C13H23N5O. The molecule has 1 heterocycles. The van der Waals surface area contributed by atoms with Gasteiger partial charge >= 0.3 is 0 Å². The van der Waals surface area contributed by atoms with E-state index in [1.54, 1.807) is 13.4 Å². The Balaban J connectivity index is 2.93. The van der Waals surface area contributed by atoms with E-state index in [2.05, 4.69) is 27.5 Å². The van der Waals surface area contributed by atoms with Gasteiger partial charge in [0.05, 0.1) is 5.92 Å². The molecule has 0 aliphatic heterocycles. The van der Waals surface area contributed by atoms with Crippen molar-refractivity contribution in [3.63, 3.8) is 0 Å². The van der Waals surface area contributed by atoms with Crippen LogP contribution < -0.4 is 15.5 Å². The number of aromatic nitrogens is 2. The first-order valence-corrected chi connectivity index (χ1v) is 6.49. The predicted octanol–water partition coefficient (Wildman–Crippen LogP) is 0.899. The number of hydrogen-bond donors (Lipinski definition) is 2. The van der Waals surface area contributed by atoms with Crippen molar-refractivity contribution >= 4 is 17.5 Å². The fourth-order valence-electron chi connectivity index (χ4n) is 2.10. The molecule has 6 nitrogen and oxygen atoms in total. The molecule has 0 fully saturated rings. The normalized spacial score (nSPS) is 11.8. The first-order valence-electron chi connectivity index (χ1n) is 6.49. The van der Waals surface area contributed by atoms with Crippen molar-refractivity contribution in [1.82, 2.24) is 15.3 Å². The molecule has 1 aromatic heterocycles. The van der Waals surface area contributed by atoms with Crippen LogP contribution in [0.4, 0.5) is 11.6 Å². The van der Waals surface area contributed by atoms with Crippen molar-refractivity contribution < 1.29 is 4.79 Å². The van der Waals surface area contributed by atoms with Crippen molar-refractivity contribution in [1.29, 1.82) is 0 Å². The summed E-state index contributed by atoms with van der Waals surface area (Å²) in [4.78, 5) is 22.1. The first kappa shape index (κ1) is 15.2. The van der Waals surface area contributed by atoms with Gasteiger partial charge in [-0.05, 0) is 6.42 Å². The second-order valence-corrected chi connectivity index (χ2v) is 4.52. The Kier molecular flexibility index (Phi) is 5.54. The van der Waals surface area contributed by atoms with E-state index in [4.69, 9.17) is 0 Å². The minimum absolute atomic E-state index is 0.0350. The summed E-state index contributed by atoms with van der Waals surface area (Å²) in [6, 6.07) is 0. The molecule has 1 aromatic rings. The molecule has 0 spiro atoms. The molecular weight excluding hydrogens is 242 g/mol. The standard InChI is InChI=1S/C13H23N5O/c1-6-10-11(14-3)16-8-17-12(10)18(5)7-9(2)13(19)15-4/h8-9H,6-7H2,1-5H3,(H,15,19)(H,14,16,17). The van der Waals surface area contributed by atoms with Crippen LogP contribution in [0, 0.1) is 5.92 Å². The highest BCUT2D eigenvalue weighted by Gasteiger charge is 2.18. The van der Waals surface area contributed by atoms with E-state index in [0.29, 0.717) is 6.54 Å². The molecule has 2 N–H and O–H groups in total. The van der Waals surface area contributed by atoms with Crippen LogP contribution in [0.25, 0.3) is 0 Å². The Bertz CT molecular complexity index is 435. The Morgan fingerprint density at radius 3 is 2.63 bits per heavy atom. The number of nitrogens with zero attached hydrogens (tertiary/aromatic N) is 3. The third-order valence-electron chi connectivity index (χ3n) is 3.12. The second-order valence-electron chi connectivity index (χ2n) is 4.52. The Hall–Kier alpha value is -1.85. The van der Waals surface area contributed by atoms with Crippen LogP contribution in [0.1, 0.15) is 19.4 Å². The predicted molar refractivity (Wildman–Crippen MR) is 77.5 cm³/mol. The van der Waals surface area contributed by atoms with Gasteiger partial charge in [0.15, 0.2) is 0 Å². The molecule has 0 radical (unpaired) electrons. The van der Waals surface area contributed by atoms with Crippen molar-refractivity contribution in [3.05, 3.63) is 11.9 Å². The number of amides is 1. The molecule has 0 bridgehead atoms. The smallest absolute Gasteiger partial charge is 0.224 e. The largest absolute Gasteiger partial charge is 0.373 e. The summed E-state index contributed by atoms with van der Waals surface area (Å²) >= 11 is 0. The van der Waals surface area contributed by atoms with E-state index in [1.807, 2.05) is 25.9 Å². The zero-order valence-electron chi connectivity index (χ0n) is 12.3. The lowest BCUT2D eigenvalue weighted by atomic mass is 10.1. The summed E-state index contributed by atoms with van der Waals surface area (Å²) in [6.07, 6.45) is 2.38. The van der Waals surface area contributed by atoms with Gasteiger partial charge in [0, 0.05) is 33.3 Å². The number of carbonyl (C=O) groups is 1. The highest BCUT2D eigenvalue weighted by Crippen LogP contribution is 2.23. The quantitative estimate of drug-likeness (QED) is 0.799. The lowest BCUT2D eigenvalue weighted by Crippen LogP contribution is -2.35. The molecule has 0 aromatic carbocycles. The summed E-state index contributed by atoms with van der Waals surface area (Å²) in [5.74, 6) is 1.66. The van der Waals surface area contributed by atoms with Crippen molar-refractivity contribution in [2.45, 2.75) is 20.3 Å². The molecule has 6 heteroatoms. The van der Waals surface area contributed by atoms with Gasteiger partial charge in [0.1, 0.15) is 18.0 Å². The highest BCUT2D eigenvalue weighted by atomic mass is 16.1. The third-order valence-corrected chi connectivity index (χ3v) is 3.12. The van der Waals surface area contributed by atoms with Crippen molar-refractivity contribution in [3.8, 4) is 0 Å². The lowest BCUT2D eigenvalue weighted by molar-refractivity contribution is -0.123. The molecule has 1 unspecified atom stereocenters. The van der Waals surface area contributed by atoms with Gasteiger partial charge < -0.3 is 15.5 Å². The second kappa shape index (κ2) is 6.92. The highest BCUT2D eigenvalue weighted by molar-refractivity contribution is 5.78. The van der Waals surface area contributed by atoms with E-state index in [1.165, 1.54) is 0 Å². The van der Waals surface area contributed by atoms with Gasteiger partial charge in [-0.1, -0.05) is 13.8 Å². The summed E-state index contributed by atoms with van der Waals surface area (Å²) < 4.78 is 0. The average Bonchev–Trinajstić information content (AvgIpc) is 2.44. The van der Waals surface area contributed by atoms with Crippen LogP contribution in [0.5, 0.6) is 0 Å². The van der Waals surface area contributed by atoms with E-state index >= 15 is 0 Å². The Labute approximate surface area is 114 Å². The summed E-state index contributed by atoms with van der Waals surface area (Å²) in [6.45, 7) is 4.59. The topological polar surface area (TPSA) is 70.2 Å². The number of rotatable bonds is 6. The van der Waals surface area contributed by atoms with Crippen molar-refractivity contribution in [2.75, 3.05) is 37.9 Å². The zero-order valence-corrected chi connectivity index (χ0v) is 12.3. The summed E-state index contributed by atoms with van der Waals surface area (Å²) in [7, 11) is 5.44. The molecule has 1 rings (SSSR count). The molecule has 106 valence electrons. The van der Waals surface area contributed by atoms with Crippen LogP contribution in [0.2, 0.25) is 0 Å². The average molecular weight is 265 g/mol. The number of carbonyl (C=O) groups excluding carboxylic acids is 1. The lowest BCUT2D eigenvalue weighted by Gasteiger charge is -2.24. The van der Waals surface area contributed by atoms with E-state index in [-0.39, 0.29) is 11.8 Å². The third kappa shape index (κ3) is 3.56. The van der Waals surface area contributed by atoms with Gasteiger partial charge in [-0.2, -0.15) is 0 Å². The number of anilines is 2. The van der Waals surface area contributed by atoms with Crippen LogP contribution in [0.3, 0.4) is 0 Å². The molecule has 1 amide bonds. The van der Waals surface area contributed by atoms with Gasteiger partial charge in [-0.25, -0.2) is 9.97 Å². The van der Waals surface area contributed by atoms with Crippen LogP contribution in [-0.4, -0.2) is 43.6 Å². The fraction of sp³-hybridized carbons (Fsp3) is 0.615. The van der Waals surface area contributed by atoms with E-state index in [9.17, 15) is 4.79 Å². The maximum atomic E-state index is 11.6. The summed E-state index contributed by atoms with van der Waals surface area (Å²) in [5, 5.41) is 5.73. The molecule has 0 saturated heterocycles. The van der Waals surface area contributed by atoms with Gasteiger partial charge in [0.2, 0.25) is 5.91 Å². The first-order chi connectivity index (χ1) is 9.04. The number of nitrogens with one attached hydrogen (secondary N) is 2. The maximum Gasteiger partial charge on any atom is 0.224 e. The molecule has 19 heavy (non-hydrogen) atoms. The Morgan fingerprint density at radius 1 is 1.42 bits per heavy atom. The monoisotopic (exact) mass is 265 g/mol. The molecule has 0 aliphatic carbocycles. The SMILES string of the molecule is CCc1c(NC)ncnc1N(C)CC(C)C(=O)NC. The molecule has 0 aliphatic rings. The van der Waals surface area contributed by atoms with Crippen LogP contribution in [-0.2, 0) is 11.2 Å². The molecule has 0 saturated carbocycles. The zero-order chi connectivity index (χ0) is 14.4. The number of hydrogen-bond acceptors (Lipinski definition) is 5. The summed E-state index contributed by atoms with van der Waals surface area (Å²) in [5.41, 5.74) is 1.07.